The van der Waals surface area contributed by atoms with Crippen LogP contribution in [-0.2, 0) is 29.0 Å². The van der Waals surface area contributed by atoms with Gasteiger partial charge < -0.3 is 19.1 Å². The summed E-state index contributed by atoms with van der Waals surface area (Å²) in [6.07, 6.45) is 3.08. The number of nitrogens with zero attached hydrogens (tertiary/aromatic N) is 1. The molecule has 9 heteroatoms. The van der Waals surface area contributed by atoms with E-state index in [1.54, 1.807) is 4.90 Å². The summed E-state index contributed by atoms with van der Waals surface area (Å²) in [5, 5.41) is 0. The molecule has 30 heavy (non-hydrogen) atoms. The maximum absolute atomic E-state index is 12.6. The Bertz CT molecular complexity index is 780. The lowest BCUT2D eigenvalue weighted by molar-refractivity contribution is -0.233. The van der Waals surface area contributed by atoms with E-state index in [0.717, 1.165) is 24.7 Å². The summed E-state index contributed by atoms with van der Waals surface area (Å²) in [7, 11) is -3.39. The number of rotatable bonds is 8. The SMILES string of the molecule is CCCC(=O)N1CCC[C@H](NS(C)(=O)=O)[C@@H]1COC1COC(c2ccccc2)OC1. The molecule has 2 heterocycles. The Morgan fingerprint density at radius 3 is 2.57 bits per heavy atom. The van der Waals surface area contributed by atoms with Gasteiger partial charge in [-0.1, -0.05) is 37.3 Å². The third-order valence-electron chi connectivity index (χ3n) is 5.37. The minimum Gasteiger partial charge on any atom is -0.371 e. The minimum atomic E-state index is -3.39. The fourth-order valence-corrected chi connectivity index (χ4v) is 4.79. The fourth-order valence-electron chi connectivity index (χ4n) is 3.96. The van der Waals surface area contributed by atoms with Crippen LogP contribution >= 0.6 is 0 Å². The molecular formula is C21H32N2O6S. The second kappa shape index (κ2) is 10.7. The molecule has 0 radical (unpaired) electrons. The number of piperidine rings is 1. The van der Waals surface area contributed by atoms with Crippen molar-refractivity contribution in [2.75, 3.05) is 32.6 Å². The summed E-state index contributed by atoms with van der Waals surface area (Å²) >= 11 is 0. The molecule has 8 nitrogen and oxygen atoms in total. The zero-order valence-corrected chi connectivity index (χ0v) is 18.5. The second-order valence-electron chi connectivity index (χ2n) is 7.91. The van der Waals surface area contributed by atoms with Crippen LogP contribution in [0.15, 0.2) is 30.3 Å². The van der Waals surface area contributed by atoms with E-state index in [1.165, 1.54) is 0 Å². The van der Waals surface area contributed by atoms with Crippen LogP contribution < -0.4 is 4.72 Å². The number of hydrogen-bond acceptors (Lipinski definition) is 6. The van der Waals surface area contributed by atoms with Crippen LogP contribution in [0, 0.1) is 0 Å². The number of ether oxygens (including phenoxy) is 3. The second-order valence-corrected chi connectivity index (χ2v) is 9.69. The van der Waals surface area contributed by atoms with Crippen LogP contribution in [0.2, 0.25) is 0 Å². The van der Waals surface area contributed by atoms with E-state index in [-0.39, 0.29) is 30.7 Å². The average molecular weight is 441 g/mol. The third-order valence-corrected chi connectivity index (χ3v) is 6.10. The molecule has 1 N–H and O–H groups in total. The Morgan fingerprint density at radius 2 is 1.93 bits per heavy atom. The van der Waals surface area contributed by atoms with Gasteiger partial charge in [-0.15, -0.1) is 0 Å². The Hall–Kier alpha value is -1.52. The van der Waals surface area contributed by atoms with E-state index < -0.39 is 16.3 Å². The van der Waals surface area contributed by atoms with Crippen molar-refractivity contribution in [3.63, 3.8) is 0 Å². The molecule has 3 rings (SSSR count). The lowest BCUT2D eigenvalue weighted by Gasteiger charge is -2.42. The van der Waals surface area contributed by atoms with E-state index >= 15 is 0 Å². The number of likely N-dealkylation sites (tertiary alicyclic amines) is 1. The number of carbonyl (C=O) groups is 1. The summed E-state index contributed by atoms with van der Waals surface area (Å²) in [6, 6.07) is 9.00. The van der Waals surface area contributed by atoms with Gasteiger partial charge in [-0.2, -0.15) is 0 Å². The molecule has 1 amide bonds. The Balaban J connectivity index is 1.59. The first-order valence-electron chi connectivity index (χ1n) is 10.5. The summed E-state index contributed by atoms with van der Waals surface area (Å²) in [4.78, 5) is 14.4. The molecular weight excluding hydrogens is 408 g/mol. The van der Waals surface area contributed by atoms with Gasteiger partial charge in [0.1, 0.15) is 6.10 Å². The van der Waals surface area contributed by atoms with Gasteiger partial charge >= 0.3 is 0 Å². The summed E-state index contributed by atoms with van der Waals surface area (Å²) in [6.45, 7) is 3.55. The van der Waals surface area contributed by atoms with Crippen molar-refractivity contribution >= 4 is 15.9 Å². The molecule has 2 aliphatic rings. The van der Waals surface area contributed by atoms with Crippen LogP contribution in [0.25, 0.3) is 0 Å². The van der Waals surface area contributed by atoms with Gasteiger partial charge in [-0.05, 0) is 19.3 Å². The molecule has 0 unspecified atom stereocenters. The average Bonchev–Trinajstić information content (AvgIpc) is 2.73. The predicted octanol–water partition coefficient (Wildman–Crippen LogP) is 1.83. The normalized spacial score (nSPS) is 27.7. The van der Waals surface area contributed by atoms with Crippen molar-refractivity contribution in [2.24, 2.45) is 0 Å². The monoisotopic (exact) mass is 440 g/mol. The Kier molecular flexibility index (Phi) is 8.24. The molecule has 0 aliphatic carbocycles. The first-order chi connectivity index (χ1) is 14.4. The molecule has 0 spiro atoms. The van der Waals surface area contributed by atoms with Crippen LogP contribution in [-0.4, -0.2) is 70.0 Å². The highest BCUT2D eigenvalue weighted by Crippen LogP contribution is 2.25. The molecule has 1 aromatic rings. The maximum Gasteiger partial charge on any atom is 0.222 e. The van der Waals surface area contributed by atoms with Crippen molar-refractivity contribution in [1.29, 1.82) is 0 Å². The van der Waals surface area contributed by atoms with Crippen molar-refractivity contribution < 1.29 is 27.4 Å². The lowest BCUT2D eigenvalue weighted by atomic mass is 9.97. The standard InChI is InChI=1S/C21H32N2O6S/c1-3-8-20(24)23-12-7-11-18(22-30(2,25)26)19(23)15-27-17-13-28-21(29-14-17)16-9-5-4-6-10-16/h4-6,9-10,17-19,21-22H,3,7-8,11-15H2,1-2H3/t17?,18-,19-,21?/m0/s1. The summed E-state index contributed by atoms with van der Waals surface area (Å²) < 4.78 is 44.0. The van der Waals surface area contributed by atoms with Crippen molar-refractivity contribution in [2.45, 2.75) is 57.1 Å². The molecule has 2 saturated heterocycles. The predicted molar refractivity (Wildman–Crippen MR) is 112 cm³/mol. The van der Waals surface area contributed by atoms with E-state index in [4.69, 9.17) is 14.2 Å². The van der Waals surface area contributed by atoms with E-state index in [9.17, 15) is 13.2 Å². The molecule has 0 aromatic heterocycles. The molecule has 0 saturated carbocycles. The number of benzene rings is 1. The highest BCUT2D eigenvalue weighted by Gasteiger charge is 2.36. The molecule has 2 aliphatic heterocycles. The number of nitrogens with one attached hydrogen (secondary N) is 1. The molecule has 168 valence electrons. The van der Waals surface area contributed by atoms with Gasteiger partial charge in [0.15, 0.2) is 6.29 Å². The first-order valence-corrected chi connectivity index (χ1v) is 12.4. The lowest BCUT2D eigenvalue weighted by Crippen LogP contribution is -2.59. The van der Waals surface area contributed by atoms with Crippen molar-refractivity contribution in [3.05, 3.63) is 35.9 Å². The zero-order valence-electron chi connectivity index (χ0n) is 17.7. The molecule has 2 fully saturated rings. The number of hydrogen-bond donors (Lipinski definition) is 1. The minimum absolute atomic E-state index is 0.0337. The molecule has 2 atom stereocenters. The highest BCUT2D eigenvalue weighted by atomic mass is 32.2. The number of carbonyl (C=O) groups excluding carboxylic acids is 1. The number of amides is 1. The van der Waals surface area contributed by atoms with Gasteiger partial charge in [0.2, 0.25) is 15.9 Å². The van der Waals surface area contributed by atoms with Crippen molar-refractivity contribution in [1.82, 2.24) is 9.62 Å². The zero-order chi connectivity index (χ0) is 21.6. The summed E-state index contributed by atoms with van der Waals surface area (Å²) in [5.74, 6) is 0.0337. The Morgan fingerprint density at radius 1 is 1.23 bits per heavy atom. The van der Waals surface area contributed by atoms with Gasteiger partial charge in [0, 0.05) is 24.6 Å². The highest BCUT2D eigenvalue weighted by molar-refractivity contribution is 7.88. The van der Waals surface area contributed by atoms with Crippen LogP contribution in [0.3, 0.4) is 0 Å². The summed E-state index contributed by atoms with van der Waals surface area (Å²) in [5.41, 5.74) is 0.956. The van der Waals surface area contributed by atoms with E-state index in [2.05, 4.69) is 4.72 Å². The maximum atomic E-state index is 12.6. The number of sulfonamides is 1. The van der Waals surface area contributed by atoms with Gasteiger partial charge in [-0.25, -0.2) is 13.1 Å². The van der Waals surface area contributed by atoms with E-state index in [1.807, 2.05) is 37.3 Å². The third kappa shape index (κ3) is 6.49. The molecule has 1 aromatic carbocycles. The fraction of sp³-hybridized carbons (Fsp3) is 0.667. The van der Waals surface area contributed by atoms with Crippen molar-refractivity contribution in [3.8, 4) is 0 Å². The molecule has 0 bridgehead atoms. The smallest absolute Gasteiger partial charge is 0.222 e. The van der Waals surface area contributed by atoms with Gasteiger partial charge in [0.05, 0.1) is 32.1 Å². The largest absolute Gasteiger partial charge is 0.371 e. The van der Waals surface area contributed by atoms with Crippen LogP contribution in [0.1, 0.15) is 44.5 Å². The van der Waals surface area contributed by atoms with Gasteiger partial charge in [-0.3, -0.25) is 4.79 Å². The topological polar surface area (TPSA) is 94.2 Å². The van der Waals surface area contributed by atoms with Gasteiger partial charge in [0.25, 0.3) is 0 Å². The Labute approximate surface area is 178 Å². The van der Waals surface area contributed by atoms with Crippen LogP contribution in [0.5, 0.6) is 0 Å². The van der Waals surface area contributed by atoms with E-state index in [0.29, 0.717) is 32.6 Å². The van der Waals surface area contributed by atoms with Crippen LogP contribution in [0.4, 0.5) is 0 Å². The quantitative estimate of drug-likeness (QED) is 0.663. The first kappa shape index (κ1) is 23.1.